The summed E-state index contributed by atoms with van der Waals surface area (Å²) in [5, 5.41) is 13.0. The summed E-state index contributed by atoms with van der Waals surface area (Å²) in [6.07, 6.45) is 2.43. The fourth-order valence-electron chi connectivity index (χ4n) is 1.26. The smallest absolute Gasteiger partial charge is 0.153 e. The van der Waals surface area contributed by atoms with Gasteiger partial charge in [-0.15, -0.1) is 0 Å². The summed E-state index contributed by atoms with van der Waals surface area (Å²) in [7, 11) is 0. The first kappa shape index (κ1) is 8.19. The summed E-state index contributed by atoms with van der Waals surface area (Å²) in [5.74, 6) is 0. The standard InChI is InChI=1S/C9H11N3O/c1-7-2-3-9-10-8(4-5-13)6-12(9)11-7/h2-3,6,13H,4-5H2,1H3. The molecule has 2 aromatic rings. The Morgan fingerprint density at radius 1 is 1.46 bits per heavy atom. The number of aryl methyl sites for hydroxylation is 1. The maximum Gasteiger partial charge on any atom is 0.153 e. The topological polar surface area (TPSA) is 50.4 Å². The molecule has 0 aliphatic heterocycles. The largest absolute Gasteiger partial charge is 0.396 e. The molecule has 2 rings (SSSR count). The maximum atomic E-state index is 8.73. The molecule has 0 saturated carbocycles. The van der Waals surface area contributed by atoms with Crippen LogP contribution in [0.4, 0.5) is 0 Å². The van der Waals surface area contributed by atoms with Crippen LogP contribution in [0.3, 0.4) is 0 Å². The second-order valence-corrected chi connectivity index (χ2v) is 2.98. The van der Waals surface area contributed by atoms with Gasteiger partial charge in [0.2, 0.25) is 0 Å². The zero-order valence-electron chi connectivity index (χ0n) is 7.44. The highest BCUT2D eigenvalue weighted by molar-refractivity contribution is 5.38. The molecule has 0 aromatic carbocycles. The second kappa shape index (κ2) is 3.14. The molecule has 0 amide bonds. The molecule has 1 N–H and O–H groups in total. The summed E-state index contributed by atoms with van der Waals surface area (Å²) < 4.78 is 1.74. The molecule has 4 nitrogen and oxygen atoms in total. The van der Waals surface area contributed by atoms with Crippen LogP contribution >= 0.6 is 0 Å². The van der Waals surface area contributed by atoms with Gasteiger partial charge in [0.25, 0.3) is 0 Å². The van der Waals surface area contributed by atoms with Crippen molar-refractivity contribution in [2.24, 2.45) is 0 Å². The average molecular weight is 177 g/mol. The van der Waals surface area contributed by atoms with Crippen LogP contribution in [0.1, 0.15) is 11.4 Å². The van der Waals surface area contributed by atoms with Gasteiger partial charge in [0.05, 0.1) is 17.6 Å². The van der Waals surface area contributed by atoms with E-state index in [1.165, 1.54) is 0 Å². The lowest BCUT2D eigenvalue weighted by Crippen LogP contribution is -1.91. The molecule has 0 atom stereocenters. The van der Waals surface area contributed by atoms with Crippen LogP contribution in [0.2, 0.25) is 0 Å². The van der Waals surface area contributed by atoms with Crippen LogP contribution < -0.4 is 0 Å². The van der Waals surface area contributed by atoms with Crippen molar-refractivity contribution >= 4 is 5.65 Å². The fourth-order valence-corrected chi connectivity index (χ4v) is 1.26. The van der Waals surface area contributed by atoms with Crippen molar-refractivity contribution in [2.75, 3.05) is 6.61 Å². The number of rotatable bonds is 2. The van der Waals surface area contributed by atoms with Gasteiger partial charge in [0.15, 0.2) is 5.65 Å². The Hall–Kier alpha value is -1.42. The van der Waals surface area contributed by atoms with Crippen LogP contribution in [0, 0.1) is 6.92 Å². The summed E-state index contributed by atoms with van der Waals surface area (Å²) in [4.78, 5) is 4.28. The minimum atomic E-state index is 0.128. The van der Waals surface area contributed by atoms with Gasteiger partial charge in [-0.05, 0) is 19.1 Å². The van der Waals surface area contributed by atoms with E-state index in [9.17, 15) is 0 Å². The Bertz CT molecular complexity index is 422. The third kappa shape index (κ3) is 1.53. The van der Waals surface area contributed by atoms with Gasteiger partial charge in [-0.2, -0.15) is 5.10 Å². The third-order valence-corrected chi connectivity index (χ3v) is 1.87. The molecule has 0 unspecified atom stereocenters. The molecule has 0 spiro atoms. The van der Waals surface area contributed by atoms with Crippen molar-refractivity contribution in [3.63, 3.8) is 0 Å². The van der Waals surface area contributed by atoms with E-state index in [4.69, 9.17) is 5.11 Å². The Morgan fingerprint density at radius 3 is 3.08 bits per heavy atom. The summed E-state index contributed by atoms with van der Waals surface area (Å²) >= 11 is 0. The Labute approximate surface area is 75.8 Å². The minimum Gasteiger partial charge on any atom is -0.396 e. The molecule has 2 heterocycles. The molecule has 4 heteroatoms. The highest BCUT2D eigenvalue weighted by atomic mass is 16.3. The number of aliphatic hydroxyl groups is 1. The van der Waals surface area contributed by atoms with E-state index in [1.54, 1.807) is 4.52 Å². The predicted octanol–water partition coefficient (Wildman–Crippen LogP) is 0.573. The third-order valence-electron chi connectivity index (χ3n) is 1.87. The molecule has 0 bridgehead atoms. The lowest BCUT2D eigenvalue weighted by molar-refractivity contribution is 0.298. The molecule has 0 radical (unpaired) electrons. The quantitative estimate of drug-likeness (QED) is 0.729. The van der Waals surface area contributed by atoms with Crippen LogP contribution in [0.25, 0.3) is 5.65 Å². The van der Waals surface area contributed by atoms with E-state index in [0.29, 0.717) is 6.42 Å². The summed E-state index contributed by atoms with van der Waals surface area (Å²) in [6.45, 7) is 2.06. The molecular weight excluding hydrogens is 166 g/mol. The lowest BCUT2D eigenvalue weighted by atomic mass is 10.4. The number of aliphatic hydroxyl groups excluding tert-OH is 1. The number of imidazole rings is 1. The van der Waals surface area contributed by atoms with Gasteiger partial charge in [-0.3, -0.25) is 0 Å². The lowest BCUT2D eigenvalue weighted by Gasteiger charge is -1.91. The summed E-state index contributed by atoms with van der Waals surface area (Å²) in [6, 6.07) is 3.84. The monoisotopic (exact) mass is 177 g/mol. The molecular formula is C9H11N3O. The summed E-state index contributed by atoms with van der Waals surface area (Å²) in [5.41, 5.74) is 2.66. The van der Waals surface area contributed by atoms with Crippen molar-refractivity contribution in [1.29, 1.82) is 0 Å². The molecule has 68 valence electrons. The zero-order valence-corrected chi connectivity index (χ0v) is 7.44. The molecule has 0 fully saturated rings. The predicted molar refractivity (Wildman–Crippen MR) is 48.5 cm³/mol. The van der Waals surface area contributed by atoms with Gasteiger partial charge in [-0.25, -0.2) is 9.50 Å². The fraction of sp³-hybridized carbons (Fsp3) is 0.333. The van der Waals surface area contributed by atoms with Crippen LogP contribution in [0.5, 0.6) is 0 Å². The number of nitrogens with zero attached hydrogens (tertiary/aromatic N) is 3. The van der Waals surface area contributed by atoms with Crippen molar-refractivity contribution in [1.82, 2.24) is 14.6 Å². The minimum absolute atomic E-state index is 0.128. The van der Waals surface area contributed by atoms with Gasteiger partial charge >= 0.3 is 0 Å². The molecule has 0 saturated heterocycles. The zero-order chi connectivity index (χ0) is 9.26. The van der Waals surface area contributed by atoms with Gasteiger partial charge in [0.1, 0.15) is 0 Å². The van der Waals surface area contributed by atoms with Crippen LogP contribution in [-0.2, 0) is 6.42 Å². The molecule has 13 heavy (non-hydrogen) atoms. The first-order valence-corrected chi connectivity index (χ1v) is 4.22. The number of fused-ring (bicyclic) bond motifs is 1. The SMILES string of the molecule is Cc1ccc2nc(CCO)cn2n1. The Morgan fingerprint density at radius 2 is 2.31 bits per heavy atom. The van der Waals surface area contributed by atoms with E-state index >= 15 is 0 Å². The molecule has 0 aliphatic carbocycles. The van der Waals surface area contributed by atoms with Crippen molar-refractivity contribution in [3.05, 3.63) is 29.7 Å². The maximum absolute atomic E-state index is 8.73. The van der Waals surface area contributed by atoms with Gasteiger partial charge in [0, 0.05) is 13.0 Å². The molecule has 2 aromatic heterocycles. The first-order valence-electron chi connectivity index (χ1n) is 4.22. The van der Waals surface area contributed by atoms with Crippen molar-refractivity contribution in [3.8, 4) is 0 Å². The molecule has 0 aliphatic rings. The van der Waals surface area contributed by atoms with E-state index in [-0.39, 0.29) is 6.61 Å². The highest BCUT2D eigenvalue weighted by Crippen LogP contribution is 2.04. The number of hydrogen-bond acceptors (Lipinski definition) is 3. The Balaban J connectivity index is 2.49. The first-order chi connectivity index (χ1) is 6.29. The Kier molecular flexibility index (Phi) is 1.98. The van der Waals surface area contributed by atoms with Crippen LogP contribution in [-0.4, -0.2) is 26.3 Å². The number of aromatic nitrogens is 3. The average Bonchev–Trinajstić information content (AvgIpc) is 2.46. The normalized spacial score (nSPS) is 10.9. The van der Waals surface area contributed by atoms with E-state index < -0.39 is 0 Å². The van der Waals surface area contributed by atoms with E-state index in [0.717, 1.165) is 17.0 Å². The van der Waals surface area contributed by atoms with Crippen molar-refractivity contribution in [2.45, 2.75) is 13.3 Å². The van der Waals surface area contributed by atoms with Crippen LogP contribution in [0.15, 0.2) is 18.3 Å². The van der Waals surface area contributed by atoms with Gasteiger partial charge < -0.3 is 5.11 Å². The van der Waals surface area contributed by atoms with E-state index in [1.807, 2.05) is 25.3 Å². The second-order valence-electron chi connectivity index (χ2n) is 2.98. The van der Waals surface area contributed by atoms with E-state index in [2.05, 4.69) is 10.1 Å². The highest BCUT2D eigenvalue weighted by Gasteiger charge is 2.00. The van der Waals surface area contributed by atoms with Crippen molar-refractivity contribution < 1.29 is 5.11 Å². The van der Waals surface area contributed by atoms with Gasteiger partial charge in [-0.1, -0.05) is 0 Å². The number of hydrogen-bond donors (Lipinski definition) is 1.